The molecule has 2 amide bonds. The Kier molecular flexibility index (Phi) is 2.93. The molecule has 0 fully saturated rings. The van der Waals surface area contributed by atoms with Gasteiger partial charge in [-0.3, -0.25) is 14.6 Å². The normalized spacial score (nSPS) is 10.3. The van der Waals surface area contributed by atoms with Crippen LogP contribution in [0.4, 0.5) is 0 Å². The van der Waals surface area contributed by atoms with Crippen LogP contribution in [-0.2, 0) is 0 Å². The number of carbonyl (C=O) groups is 2. The smallest absolute Gasteiger partial charge is 0.272 e. The summed E-state index contributed by atoms with van der Waals surface area (Å²) in [6.45, 7) is 0. The summed E-state index contributed by atoms with van der Waals surface area (Å²) in [5.41, 5.74) is 6.00. The first kappa shape index (κ1) is 12.0. The summed E-state index contributed by atoms with van der Waals surface area (Å²) < 4.78 is 0. The van der Waals surface area contributed by atoms with E-state index in [1.54, 1.807) is 38.5 Å². The number of hydrogen-bond acceptors (Lipinski definition) is 4. The molecule has 0 aliphatic rings. The van der Waals surface area contributed by atoms with Gasteiger partial charge in [-0.1, -0.05) is 0 Å². The van der Waals surface area contributed by atoms with Crippen LogP contribution in [-0.4, -0.2) is 40.8 Å². The largest absolute Gasteiger partial charge is 0.364 e. The van der Waals surface area contributed by atoms with Gasteiger partial charge in [0.1, 0.15) is 11.4 Å². The molecule has 2 aromatic rings. The molecule has 2 aromatic heterocycles. The van der Waals surface area contributed by atoms with Crippen LogP contribution in [0.15, 0.2) is 24.4 Å². The summed E-state index contributed by atoms with van der Waals surface area (Å²) in [7, 11) is 3.22. The SMILES string of the molecule is CN(C)C(=O)c1cc2ncccc2c(C(N)=O)n1. The van der Waals surface area contributed by atoms with Gasteiger partial charge in [0.25, 0.3) is 11.8 Å². The van der Waals surface area contributed by atoms with Crippen molar-refractivity contribution < 1.29 is 9.59 Å². The lowest BCUT2D eigenvalue weighted by molar-refractivity contribution is 0.0822. The van der Waals surface area contributed by atoms with Crippen molar-refractivity contribution in [3.8, 4) is 0 Å². The van der Waals surface area contributed by atoms with Gasteiger partial charge >= 0.3 is 0 Å². The first-order valence-electron chi connectivity index (χ1n) is 5.28. The summed E-state index contributed by atoms with van der Waals surface area (Å²) >= 11 is 0. The number of carbonyl (C=O) groups excluding carboxylic acids is 2. The maximum absolute atomic E-state index is 11.8. The number of rotatable bonds is 2. The quantitative estimate of drug-likeness (QED) is 0.829. The molecule has 0 spiro atoms. The van der Waals surface area contributed by atoms with E-state index in [1.807, 2.05) is 0 Å². The molecule has 0 aromatic carbocycles. The van der Waals surface area contributed by atoms with Crippen LogP contribution in [0.3, 0.4) is 0 Å². The highest BCUT2D eigenvalue weighted by molar-refractivity contribution is 6.06. The Bertz CT molecular complexity index is 637. The van der Waals surface area contributed by atoms with Gasteiger partial charge < -0.3 is 10.6 Å². The van der Waals surface area contributed by atoms with Crippen molar-refractivity contribution in [1.29, 1.82) is 0 Å². The Labute approximate surface area is 103 Å². The van der Waals surface area contributed by atoms with Crippen molar-refractivity contribution in [2.45, 2.75) is 0 Å². The topological polar surface area (TPSA) is 89.2 Å². The fourth-order valence-electron chi connectivity index (χ4n) is 1.60. The molecule has 92 valence electrons. The van der Waals surface area contributed by atoms with Crippen LogP contribution in [0.1, 0.15) is 21.0 Å². The van der Waals surface area contributed by atoms with E-state index in [9.17, 15) is 9.59 Å². The molecule has 0 saturated carbocycles. The predicted octanol–water partition coefficient (Wildman–Crippen LogP) is 0.431. The molecule has 0 bridgehead atoms. The Morgan fingerprint density at radius 2 is 2.06 bits per heavy atom. The van der Waals surface area contributed by atoms with E-state index < -0.39 is 5.91 Å². The van der Waals surface area contributed by atoms with Gasteiger partial charge in [-0.05, 0) is 18.2 Å². The average molecular weight is 244 g/mol. The zero-order chi connectivity index (χ0) is 13.3. The molecule has 6 heteroatoms. The number of nitrogens with zero attached hydrogens (tertiary/aromatic N) is 3. The number of primary amides is 1. The Morgan fingerprint density at radius 3 is 2.67 bits per heavy atom. The number of aromatic nitrogens is 2. The maximum Gasteiger partial charge on any atom is 0.272 e. The molecular weight excluding hydrogens is 232 g/mol. The molecule has 2 N–H and O–H groups in total. The monoisotopic (exact) mass is 244 g/mol. The molecule has 18 heavy (non-hydrogen) atoms. The zero-order valence-electron chi connectivity index (χ0n) is 10.0. The third-order valence-electron chi connectivity index (χ3n) is 2.46. The third kappa shape index (κ3) is 2.00. The highest BCUT2D eigenvalue weighted by atomic mass is 16.2. The van der Waals surface area contributed by atoms with Gasteiger partial charge in [-0.15, -0.1) is 0 Å². The van der Waals surface area contributed by atoms with Crippen molar-refractivity contribution in [3.05, 3.63) is 35.8 Å². The summed E-state index contributed by atoms with van der Waals surface area (Å²) in [4.78, 5) is 32.7. The number of hydrogen-bond donors (Lipinski definition) is 1. The van der Waals surface area contributed by atoms with Gasteiger partial charge in [-0.2, -0.15) is 0 Å². The van der Waals surface area contributed by atoms with E-state index in [4.69, 9.17) is 5.73 Å². The fourth-order valence-corrected chi connectivity index (χ4v) is 1.60. The van der Waals surface area contributed by atoms with E-state index in [-0.39, 0.29) is 17.3 Å². The summed E-state index contributed by atoms with van der Waals surface area (Å²) in [5, 5.41) is 0.542. The van der Waals surface area contributed by atoms with Gasteiger partial charge in [0.05, 0.1) is 5.52 Å². The van der Waals surface area contributed by atoms with E-state index in [0.29, 0.717) is 10.9 Å². The molecule has 6 nitrogen and oxygen atoms in total. The predicted molar refractivity (Wildman–Crippen MR) is 66.1 cm³/mol. The second-order valence-electron chi connectivity index (χ2n) is 3.99. The minimum Gasteiger partial charge on any atom is -0.364 e. The minimum atomic E-state index is -0.679. The van der Waals surface area contributed by atoms with E-state index in [1.165, 1.54) is 4.90 Å². The van der Waals surface area contributed by atoms with Crippen LogP contribution >= 0.6 is 0 Å². The lowest BCUT2D eigenvalue weighted by Crippen LogP contribution is -2.24. The summed E-state index contributed by atoms with van der Waals surface area (Å²) in [5.74, 6) is -0.980. The number of amides is 2. The Hall–Kier alpha value is -2.50. The van der Waals surface area contributed by atoms with Crippen LogP contribution in [0.5, 0.6) is 0 Å². The molecule has 2 heterocycles. The van der Waals surface area contributed by atoms with Gasteiger partial charge in [0, 0.05) is 25.7 Å². The van der Waals surface area contributed by atoms with Crippen molar-refractivity contribution in [1.82, 2.24) is 14.9 Å². The highest BCUT2D eigenvalue weighted by Crippen LogP contribution is 2.16. The molecule has 0 aliphatic heterocycles. The lowest BCUT2D eigenvalue weighted by atomic mass is 10.1. The average Bonchev–Trinajstić information content (AvgIpc) is 2.36. The summed E-state index contributed by atoms with van der Waals surface area (Å²) in [6, 6.07) is 4.92. The zero-order valence-corrected chi connectivity index (χ0v) is 10.0. The minimum absolute atomic E-state index is 0.0609. The van der Waals surface area contributed by atoms with Gasteiger partial charge in [-0.25, -0.2) is 4.98 Å². The molecule has 0 unspecified atom stereocenters. The molecular formula is C12H12N4O2. The molecule has 0 saturated heterocycles. The first-order valence-corrected chi connectivity index (χ1v) is 5.28. The third-order valence-corrected chi connectivity index (χ3v) is 2.46. The number of nitrogens with two attached hydrogens (primary N) is 1. The van der Waals surface area contributed by atoms with E-state index in [0.717, 1.165) is 0 Å². The molecule has 0 aliphatic carbocycles. The standard InChI is InChI=1S/C12H12N4O2/c1-16(2)12(18)9-6-8-7(4-3-5-14-8)10(15-9)11(13)17/h3-6H,1-2H3,(H2,13,17). The second-order valence-corrected chi connectivity index (χ2v) is 3.99. The van der Waals surface area contributed by atoms with Crippen LogP contribution in [0.2, 0.25) is 0 Å². The van der Waals surface area contributed by atoms with Crippen LogP contribution in [0, 0.1) is 0 Å². The lowest BCUT2D eigenvalue weighted by Gasteiger charge is -2.11. The van der Waals surface area contributed by atoms with E-state index in [2.05, 4.69) is 9.97 Å². The summed E-state index contributed by atoms with van der Waals surface area (Å²) in [6.07, 6.45) is 1.58. The van der Waals surface area contributed by atoms with Crippen molar-refractivity contribution in [2.75, 3.05) is 14.1 Å². The van der Waals surface area contributed by atoms with Crippen molar-refractivity contribution in [3.63, 3.8) is 0 Å². The highest BCUT2D eigenvalue weighted by Gasteiger charge is 2.16. The fraction of sp³-hybridized carbons (Fsp3) is 0.167. The van der Waals surface area contributed by atoms with Gasteiger partial charge in [0.2, 0.25) is 0 Å². The Morgan fingerprint density at radius 1 is 1.33 bits per heavy atom. The number of pyridine rings is 2. The first-order chi connectivity index (χ1) is 8.50. The van der Waals surface area contributed by atoms with Crippen LogP contribution in [0.25, 0.3) is 10.9 Å². The second kappa shape index (κ2) is 4.40. The van der Waals surface area contributed by atoms with Crippen molar-refractivity contribution in [2.24, 2.45) is 5.73 Å². The molecule has 0 atom stereocenters. The maximum atomic E-state index is 11.8. The Balaban J connectivity index is 2.72. The van der Waals surface area contributed by atoms with Gasteiger partial charge in [0.15, 0.2) is 0 Å². The van der Waals surface area contributed by atoms with E-state index >= 15 is 0 Å². The van der Waals surface area contributed by atoms with Crippen LogP contribution < -0.4 is 5.73 Å². The van der Waals surface area contributed by atoms with Crippen molar-refractivity contribution >= 4 is 22.7 Å². The molecule has 0 radical (unpaired) electrons. The molecule has 2 rings (SSSR count). The number of fused-ring (bicyclic) bond motifs is 1.